The summed E-state index contributed by atoms with van der Waals surface area (Å²) in [6, 6.07) is 7.63. The minimum atomic E-state index is 0.110. The maximum atomic E-state index is 8.48. The lowest BCUT2D eigenvalue weighted by molar-refractivity contribution is 0.320. The van der Waals surface area contributed by atoms with Gasteiger partial charge in [0.15, 0.2) is 5.17 Å². The lowest BCUT2D eigenvalue weighted by Gasteiger charge is -2.05. The SMILES string of the molecule is Cc1cc(/C(Cl)=N/O)cc(C)c1Br.Cc1cc(/C=N/O)cc(C)c1Br. The molecule has 0 amide bonds. The molecule has 0 spiro atoms. The first-order valence-electron chi connectivity index (χ1n) is 7.30. The van der Waals surface area contributed by atoms with Gasteiger partial charge in [-0.25, -0.2) is 0 Å². The van der Waals surface area contributed by atoms with Gasteiger partial charge in [-0.2, -0.15) is 0 Å². The van der Waals surface area contributed by atoms with Crippen molar-refractivity contribution >= 4 is 54.8 Å². The summed E-state index contributed by atoms with van der Waals surface area (Å²) in [6.07, 6.45) is 1.42. The van der Waals surface area contributed by atoms with Gasteiger partial charge in [0, 0.05) is 14.5 Å². The van der Waals surface area contributed by atoms with Crippen molar-refractivity contribution in [2.75, 3.05) is 0 Å². The molecule has 0 aliphatic rings. The quantitative estimate of drug-likeness (QED) is 0.294. The molecule has 134 valence electrons. The Labute approximate surface area is 169 Å². The fourth-order valence-electron chi connectivity index (χ4n) is 2.24. The zero-order chi connectivity index (χ0) is 19.1. The molecule has 7 heteroatoms. The summed E-state index contributed by atoms with van der Waals surface area (Å²) >= 11 is 12.6. The summed E-state index contributed by atoms with van der Waals surface area (Å²) in [4.78, 5) is 0. The van der Waals surface area contributed by atoms with Crippen LogP contribution < -0.4 is 0 Å². The Kier molecular flexibility index (Phi) is 8.62. The van der Waals surface area contributed by atoms with E-state index in [2.05, 4.69) is 42.2 Å². The third kappa shape index (κ3) is 6.13. The van der Waals surface area contributed by atoms with Crippen molar-refractivity contribution in [2.24, 2.45) is 10.3 Å². The van der Waals surface area contributed by atoms with E-state index in [0.29, 0.717) is 0 Å². The van der Waals surface area contributed by atoms with Crippen LogP contribution in [0.4, 0.5) is 0 Å². The fourth-order valence-corrected chi connectivity index (χ4v) is 2.81. The van der Waals surface area contributed by atoms with Gasteiger partial charge in [0.25, 0.3) is 0 Å². The van der Waals surface area contributed by atoms with Crippen LogP contribution in [0.25, 0.3) is 0 Å². The van der Waals surface area contributed by atoms with E-state index in [0.717, 1.165) is 42.3 Å². The zero-order valence-electron chi connectivity index (χ0n) is 14.3. The molecule has 2 N–H and O–H groups in total. The molecular weight excluding hydrogens is 471 g/mol. The molecule has 0 aromatic heterocycles. The molecule has 0 unspecified atom stereocenters. The topological polar surface area (TPSA) is 65.2 Å². The predicted molar refractivity (Wildman–Crippen MR) is 111 cm³/mol. The van der Waals surface area contributed by atoms with E-state index in [1.54, 1.807) is 0 Å². The van der Waals surface area contributed by atoms with Crippen molar-refractivity contribution in [2.45, 2.75) is 27.7 Å². The summed E-state index contributed by atoms with van der Waals surface area (Å²) in [5, 5.41) is 22.8. The minimum absolute atomic E-state index is 0.110. The highest BCUT2D eigenvalue weighted by atomic mass is 79.9. The van der Waals surface area contributed by atoms with Crippen LogP contribution in [0.5, 0.6) is 0 Å². The molecule has 0 saturated heterocycles. The van der Waals surface area contributed by atoms with E-state index >= 15 is 0 Å². The third-order valence-corrected chi connectivity index (χ3v) is 6.22. The predicted octanol–water partition coefficient (Wildman–Crippen LogP) is 6.31. The Hall–Kier alpha value is -1.37. The van der Waals surface area contributed by atoms with Crippen LogP contribution in [-0.4, -0.2) is 21.8 Å². The first-order chi connectivity index (χ1) is 11.7. The van der Waals surface area contributed by atoms with Crippen LogP contribution >= 0.6 is 43.5 Å². The molecule has 0 aliphatic carbocycles. The average Bonchev–Trinajstić information content (AvgIpc) is 2.57. The normalized spacial score (nSPS) is 11.4. The Bertz CT molecular complexity index is 775. The highest BCUT2D eigenvalue weighted by molar-refractivity contribution is 9.10. The van der Waals surface area contributed by atoms with Gasteiger partial charge in [-0.1, -0.05) is 53.8 Å². The number of oxime groups is 2. The van der Waals surface area contributed by atoms with E-state index in [-0.39, 0.29) is 5.17 Å². The van der Waals surface area contributed by atoms with Crippen LogP contribution in [-0.2, 0) is 0 Å². The molecule has 2 rings (SSSR count). The van der Waals surface area contributed by atoms with Gasteiger partial charge in [0.2, 0.25) is 0 Å². The Balaban J connectivity index is 0.000000251. The van der Waals surface area contributed by atoms with Crippen LogP contribution in [0.15, 0.2) is 43.5 Å². The molecule has 25 heavy (non-hydrogen) atoms. The molecule has 0 aliphatic heterocycles. The van der Waals surface area contributed by atoms with Crippen LogP contribution in [0.2, 0.25) is 0 Å². The standard InChI is InChI=1S/C9H9BrClNO.C9H10BrNO/c1-5-3-7(9(11)12-13)4-6(2)8(5)10;1-6-3-8(5-11-12)4-7(2)9(6)10/h3-4,13H,1-2H3;3-5,12H,1-2H3/b12-9-;11-5+. The lowest BCUT2D eigenvalue weighted by Crippen LogP contribution is -1.94. The van der Waals surface area contributed by atoms with Gasteiger partial charge in [-0.15, -0.1) is 0 Å². The van der Waals surface area contributed by atoms with Gasteiger partial charge >= 0.3 is 0 Å². The molecule has 0 radical (unpaired) electrons. The zero-order valence-corrected chi connectivity index (χ0v) is 18.2. The Morgan fingerprint density at radius 1 is 0.880 bits per heavy atom. The molecule has 2 aromatic carbocycles. The van der Waals surface area contributed by atoms with Crippen LogP contribution in [0.1, 0.15) is 33.4 Å². The van der Waals surface area contributed by atoms with Crippen molar-refractivity contribution in [1.29, 1.82) is 0 Å². The van der Waals surface area contributed by atoms with E-state index in [9.17, 15) is 0 Å². The van der Waals surface area contributed by atoms with Gasteiger partial charge in [-0.3, -0.25) is 0 Å². The van der Waals surface area contributed by atoms with Crippen LogP contribution in [0.3, 0.4) is 0 Å². The Morgan fingerprint density at radius 3 is 1.64 bits per heavy atom. The number of nitrogens with zero attached hydrogens (tertiary/aromatic N) is 2. The number of benzene rings is 2. The smallest absolute Gasteiger partial charge is 0.175 e. The van der Waals surface area contributed by atoms with Gasteiger partial charge < -0.3 is 10.4 Å². The lowest BCUT2D eigenvalue weighted by atomic mass is 10.1. The van der Waals surface area contributed by atoms with Crippen molar-refractivity contribution in [3.63, 3.8) is 0 Å². The molecule has 4 nitrogen and oxygen atoms in total. The monoisotopic (exact) mass is 488 g/mol. The third-order valence-electron chi connectivity index (χ3n) is 3.43. The maximum Gasteiger partial charge on any atom is 0.175 e. The molecule has 2 aromatic rings. The first-order valence-corrected chi connectivity index (χ1v) is 9.26. The number of hydrogen-bond acceptors (Lipinski definition) is 4. The second-order valence-electron chi connectivity index (χ2n) is 5.53. The molecule has 0 saturated carbocycles. The largest absolute Gasteiger partial charge is 0.411 e. The van der Waals surface area contributed by atoms with E-state index in [1.165, 1.54) is 6.21 Å². The molecule has 0 heterocycles. The summed E-state index contributed by atoms with van der Waals surface area (Å²) in [7, 11) is 0. The number of halogens is 3. The fraction of sp³-hybridized carbons (Fsp3) is 0.222. The van der Waals surface area contributed by atoms with E-state index in [1.807, 2.05) is 52.0 Å². The van der Waals surface area contributed by atoms with Crippen molar-refractivity contribution < 1.29 is 10.4 Å². The van der Waals surface area contributed by atoms with Crippen molar-refractivity contribution in [1.82, 2.24) is 0 Å². The van der Waals surface area contributed by atoms with E-state index < -0.39 is 0 Å². The first kappa shape index (κ1) is 21.7. The summed E-state index contributed by atoms with van der Waals surface area (Å²) in [6.45, 7) is 7.93. The van der Waals surface area contributed by atoms with Crippen molar-refractivity contribution in [3.8, 4) is 0 Å². The second-order valence-corrected chi connectivity index (χ2v) is 7.47. The highest BCUT2D eigenvalue weighted by Gasteiger charge is 2.05. The maximum absolute atomic E-state index is 8.48. The van der Waals surface area contributed by atoms with Gasteiger partial charge in [0.1, 0.15) is 0 Å². The molecule has 0 fully saturated rings. The summed E-state index contributed by atoms with van der Waals surface area (Å²) < 4.78 is 2.16. The second kappa shape index (κ2) is 9.94. The summed E-state index contributed by atoms with van der Waals surface area (Å²) in [5.74, 6) is 0. The number of rotatable bonds is 2. The number of hydrogen-bond donors (Lipinski definition) is 2. The van der Waals surface area contributed by atoms with Crippen molar-refractivity contribution in [3.05, 3.63) is 66.6 Å². The number of aryl methyl sites for hydroxylation is 4. The van der Waals surface area contributed by atoms with Gasteiger partial charge in [-0.05, 0) is 79.8 Å². The summed E-state index contributed by atoms with van der Waals surface area (Å²) in [5.41, 5.74) is 6.06. The van der Waals surface area contributed by atoms with Crippen LogP contribution in [0, 0.1) is 27.7 Å². The minimum Gasteiger partial charge on any atom is -0.411 e. The van der Waals surface area contributed by atoms with E-state index in [4.69, 9.17) is 22.0 Å². The van der Waals surface area contributed by atoms with Gasteiger partial charge in [0.05, 0.1) is 6.21 Å². The molecule has 0 bridgehead atoms. The highest BCUT2D eigenvalue weighted by Crippen LogP contribution is 2.23. The average molecular weight is 491 g/mol. The molecular formula is C18H19Br2ClN2O2. The Morgan fingerprint density at radius 2 is 1.28 bits per heavy atom. The molecule has 0 atom stereocenters.